The lowest BCUT2D eigenvalue weighted by Gasteiger charge is -2.11. The van der Waals surface area contributed by atoms with E-state index in [-0.39, 0.29) is 5.91 Å². The number of nitrogens with zero attached hydrogens (tertiary/aromatic N) is 1. The predicted octanol–water partition coefficient (Wildman–Crippen LogP) is 4.93. The van der Waals surface area contributed by atoms with E-state index in [0.717, 1.165) is 11.3 Å². The summed E-state index contributed by atoms with van der Waals surface area (Å²) < 4.78 is 1.96. The molecule has 1 aromatic heterocycles. The van der Waals surface area contributed by atoms with Gasteiger partial charge in [0.15, 0.2) is 0 Å². The third kappa shape index (κ3) is 3.25. The Bertz CT molecular complexity index is 882. The first-order valence-corrected chi connectivity index (χ1v) is 8.01. The van der Waals surface area contributed by atoms with Gasteiger partial charge in [-0.2, -0.15) is 0 Å². The Kier molecular flexibility index (Phi) is 4.51. The fraction of sp³-hybridized carbons (Fsp3) is 0.0556. The number of hydrogen-bond acceptors (Lipinski definition) is 2. The number of carbonyl (C=O) groups excluding carboxylic acids is 1. The summed E-state index contributed by atoms with van der Waals surface area (Å²) in [5.41, 5.74) is 9.04. The van der Waals surface area contributed by atoms with Crippen molar-refractivity contribution in [1.82, 2.24) is 4.57 Å². The van der Waals surface area contributed by atoms with Gasteiger partial charge in [0.05, 0.1) is 15.7 Å². The van der Waals surface area contributed by atoms with Gasteiger partial charge < -0.3 is 15.6 Å². The molecule has 0 bridgehead atoms. The number of nitrogens with two attached hydrogens (primary N) is 1. The molecule has 122 valence electrons. The molecule has 0 saturated carbocycles. The normalized spacial score (nSPS) is 10.6. The van der Waals surface area contributed by atoms with Gasteiger partial charge in [-0.15, -0.1) is 0 Å². The molecule has 3 N–H and O–H groups in total. The van der Waals surface area contributed by atoms with Gasteiger partial charge in [-0.25, -0.2) is 0 Å². The maximum atomic E-state index is 12.5. The summed E-state index contributed by atoms with van der Waals surface area (Å²) in [6.07, 6.45) is 3.87. The van der Waals surface area contributed by atoms with E-state index in [0.29, 0.717) is 27.0 Å². The SMILES string of the molecule is Cc1ccc(C(=O)Nc2cc(Cl)c(N)c(Cl)c2)cc1-n1cccc1. The van der Waals surface area contributed by atoms with Crippen LogP contribution in [0.4, 0.5) is 11.4 Å². The Labute approximate surface area is 149 Å². The van der Waals surface area contributed by atoms with E-state index in [2.05, 4.69) is 5.32 Å². The number of hydrogen-bond donors (Lipinski definition) is 2. The second kappa shape index (κ2) is 6.59. The van der Waals surface area contributed by atoms with Crippen molar-refractivity contribution in [1.29, 1.82) is 0 Å². The van der Waals surface area contributed by atoms with Crippen LogP contribution in [0.25, 0.3) is 5.69 Å². The quantitative estimate of drug-likeness (QED) is 0.651. The number of halogens is 2. The van der Waals surface area contributed by atoms with Crippen LogP contribution in [0.1, 0.15) is 15.9 Å². The van der Waals surface area contributed by atoms with E-state index >= 15 is 0 Å². The van der Waals surface area contributed by atoms with Gasteiger partial charge in [0, 0.05) is 29.3 Å². The Morgan fingerprint density at radius 3 is 2.33 bits per heavy atom. The number of aromatic nitrogens is 1. The summed E-state index contributed by atoms with van der Waals surface area (Å²) in [6.45, 7) is 2.00. The van der Waals surface area contributed by atoms with Gasteiger partial charge in [-0.05, 0) is 48.9 Å². The van der Waals surface area contributed by atoms with E-state index in [9.17, 15) is 4.79 Å². The number of rotatable bonds is 3. The standard InChI is InChI=1S/C18H15Cl2N3O/c1-11-4-5-12(8-16(11)23-6-2-3-7-23)18(24)22-13-9-14(19)17(21)15(20)10-13/h2-10H,21H2,1H3,(H,22,24). The number of carbonyl (C=O) groups is 1. The summed E-state index contributed by atoms with van der Waals surface area (Å²) >= 11 is 12.0. The van der Waals surface area contributed by atoms with Crippen molar-refractivity contribution in [3.8, 4) is 5.69 Å². The van der Waals surface area contributed by atoms with Crippen molar-refractivity contribution in [3.63, 3.8) is 0 Å². The third-order valence-corrected chi connectivity index (χ3v) is 4.32. The fourth-order valence-electron chi connectivity index (χ4n) is 2.38. The van der Waals surface area contributed by atoms with Crippen molar-refractivity contribution in [2.24, 2.45) is 0 Å². The zero-order chi connectivity index (χ0) is 17.3. The topological polar surface area (TPSA) is 60.1 Å². The molecule has 0 unspecified atom stereocenters. The summed E-state index contributed by atoms with van der Waals surface area (Å²) in [6, 6.07) is 12.5. The lowest BCUT2D eigenvalue weighted by molar-refractivity contribution is 0.102. The molecule has 3 aromatic rings. The summed E-state index contributed by atoms with van der Waals surface area (Å²) in [7, 11) is 0. The minimum Gasteiger partial charge on any atom is -0.396 e. The number of nitrogens with one attached hydrogen (secondary N) is 1. The number of anilines is 2. The molecule has 0 spiro atoms. The molecule has 24 heavy (non-hydrogen) atoms. The average molecular weight is 360 g/mol. The number of benzene rings is 2. The van der Waals surface area contributed by atoms with E-state index in [4.69, 9.17) is 28.9 Å². The predicted molar refractivity (Wildman–Crippen MR) is 99.3 cm³/mol. The second-order valence-corrected chi connectivity index (χ2v) is 6.21. The number of nitrogen functional groups attached to an aromatic ring is 1. The Morgan fingerprint density at radius 1 is 1.08 bits per heavy atom. The Morgan fingerprint density at radius 2 is 1.71 bits per heavy atom. The zero-order valence-electron chi connectivity index (χ0n) is 12.9. The molecule has 0 saturated heterocycles. The lowest BCUT2D eigenvalue weighted by Crippen LogP contribution is -2.13. The Balaban J connectivity index is 1.90. The highest BCUT2D eigenvalue weighted by Crippen LogP contribution is 2.31. The maximum absolute atomic E-state index is 12.5. The molecule has 2 aromatic carbocycles. The van der Waals surface area contributed by atoms with Crippen LogP contribution in [0.5, 0.6) is 0 Å². The van der Waals surface area contributed by atoms with Crippen LogP contribution in [-0.2, 0) is 0 Å². The van der Waals surface area contributed by atoms with Gasteiger partial charge in [0.25, 0.3) is 5.91 Å². The van der Waals surface area contributed by atoms with Gasteiger partial charge in [-0.3, -0.25) is 4.79 Å². The van der Waals surface area contributed by atoms with E-state index in [1.165, 1.54) is 0 Å². The molecule has 0 atom stereocenters. The molecular formula is C18H15Cl2N3O. The van der Waals surface area contributed by atoms with Crippen molar-refractivity contribution in [3.05, 3.63) is 76.0 Å². The summed E-state index contributed by atoms with van der Waals surface area (Å²) in [5.74, 6) is -0.250. The van der Waals surface area contributed by atoms with Crippen LogP contribution in [0.3, 0.4) is 0 Å². The van der Waals surface area contributed by atoms with Crippen molar-refractivity contribution in [2.75, 3.05) is 11.1 Å². The van der Waals surface area contributed by atoms with E-state index in [1.54, 1.807) is 18.2 Å². The smallest absolute Gasteiger partial charge is 0.255 e. The first kappa shape index (κ1) is 16.4. The van der Waals surface area contributed by atoms with Crippen molar-refractivity contribution >= 4 is 40.5 Å². The summed E-state index contributed by atoms with van der Waals surface area (Å²) in [5, 5.41) is 3.39. The first-order chi connectivity index (χ1) is 11.5. The molecule has 1 amide bonds. The van der Waals surface area contributed by atoms with Crippen molar-refractivity contribution < 1.29 is 4.79 Å². The molecule has 1 heterocycles. The minimum absolute atomic E-state index is 0.250. The van der Waals surface area contributed by atoms with Crippen LogP contribution < -0.4 is 11.1 Å². The molecule has 0 aliphatic rings. The van der Waals surface area contributed by atoms with Crippen LogP contribution in [0, 0.1) is 6.92 Å². The minimum atomic E-state index is -0.250. The molecule has 0 fully saturated rings. The lowest BCUT2D eigenvalue weighted by atomic mass is 10.1. The molecule has 6 heteroatoms. The highest BCUT2D eigenvalue weighted by molar-refractivity contribution is 6.39. The van der Waals surface area contributed by atoms with Crippen molar-refractivity contribution in [2.45, 2.75) is 6.92 Å². The zero-order valence-corrected chi connectivity index (χ0v) is 14.4. The van der Waals surface area contributed by atoms with E-state index < -0.39 is 0 Å². The van der Waals surface area contributed by atoms with Crippen LogP contribution >= 0.6 is 23.2 Å². The maximum Gasteiger partial charge on any atom is 0.255 e. The second-order valence-electron chi connectivity index (χ2n) is 5.40. The van der Waals surface area contributed by atoms with Gasteiger partial charge in [0.2, 0.25) is 0 Å². The monoisotopic (exact) mass is 359 g/mol. The molecule has 0 radical (unpaired) electrons. The van der Waals surface area contributed by atoms with E-state index in [1.807, 2.05) is 48.1 Å². The largest absolute Gasteiger partial charge is 0.396 e. The molecular weight excluding hydrogens is 345 g/mol. The third-order valence-electron chi connectivity index (χ3n) is 3.69. The average Bonchev–Trinajstić information content (AvgIpc) is 3.07. The Hall–Kier alpha value is -2.43. The highest BCUT2D eigenvalue weighted by atomic mass is 35.5. The highest BCUT2D eigenvalue weighted by Gasteiger charge is 2.11. The van der Waals surface area contributed by atoms with Crippen LogP contribution in [-0.4, -0.2) is 10.5 Å². The summed E-state index contributed by atoms with van der Waals surface area (Å²) in [4.78, 5) is 12.5. The molecule has 0 aliphatic heterocycles. The van der Waals surface area contributed by atoms with Crippen LogP contribution in [0.2, 0.25) is 10.0 Å². The molecule has 4 nitrogen and oxygen atoms in total. The molecule has 0 aliphatic carbocycles. The number of aryl methyl sites for hydroxylation is 1. The fourth-order valence-corrected chi connectivity index (χ4v) is 2.87. The van der Waals surface area contributed by atoms with Gasteiger partial charge >= 0.3 is 0 Å². The first-order valence-electron chi connectivity index (χ1n) is 7.25. The van der Waals surface area contributed by atoms with Gasteiger partial charge in [0.1, 0.15) is 0 Å². The van der Waals surface area contributed by atoms with Gasteiger partial charge in [-0.1, -0.05) is 29.3 Å². The van der Waals surface area contributed by atoms with Crippen LogP contribution in [0.15, 0.2) is 54.9 Å². The molecule has 3 rings (SSSR count). The number of amides is 1.